The number of primary amides is 1. The van der Waals surface area contributed by atoms with Gasteiger partial charge in [0.05, 0.1) is 0 Å². The molecule has 4 N–H and O–H groups in total. The highest BCUT2D eigenvalue weighted by Gasteiger charge is 2.28. The quantitative estimate of drug-likeness (QED) is 0.656. The fourth-order valence-corrected chi connectivity index (χ4v) is 2.64. The summed E-state index contributed by atoms with van der Waals surface area (Å²) in [7, 11) is 0. The van der Waals surface area contributed by atoms with Gasteiger partial charge in [0.1, 0.15) is 0 Å². The first kappa shape index (κ1) is 16.8. The number of nitrogens with zero attached hydrogens (tertiary/aromatic N) is 1. The summed E-state index contributed by atoms with van der Waals surface area (Å²) in [5.74, 6) is 0.0653. The number of carboxylic acids is 1. The summed E-state index contributed by atoms with van der Waals surface area (Å²) < 4.78 is 0. The maximum atomic E-state index is 11.4. The Morgan fingerprint density at radius 1 is 1.40 bits per heavy atom. The first-order valence-electron chi connectivity index (χ1n) is 7.38. The summed E-state index contributed by atoms with van der Waals surface area (Å²) in [4.78, 5) is 23.7. The molecule has 1 fully saturated rings. The van der Waals surface area contributed by atoms with E-state index in [0.717, 1.165) is 19.4 Å². The Bertz CT molecular complexity index is 334. The lowest BCUT2D eigenvalue weighted by Gasteiger charge is -2.37. The van der Waals surface area contributed by atoms with Gasteiger partial charge in [-0.1, -0.05) is 13.8 Å². The second-order valence-corrected chi connectivity index (χ2v) is 6.11. The molecule has 0 bridgehead atoms. The number of nitrogens with two attached hydrogens (primary N) is 1. The number of piperidine rings is 1. The smallest absolute Gasteiger partial charge is 0.314 e. The fourth-order valence-electron chi connectivity index (χ4n) is 2.64. The normalized spacial score (nSPS) is 23.1. The van der Waals surface area contributed by atoms with Crippen molar-refractivity contribution in [3.63, 3.8) is 0 Å². The molecule has 0 radical (unpaired) electrons. The lowest BCUT2D eigenvalue weighted by Crippen LogP contribution is -2.53. The van der Waals surface area contributed by atoms with Crippen LogP contribution in [0.4, 0.5) is 4.79 Å². The minimum absolute atomic E-state index is 0.149. The molecule has 0 aromatic heterocycles. The lowest BCUT2D eigenvalue weighted by atomic mass is 9.90. The van der Waals surface area contributed by atoms with Crippen LogP contribution in [0.2, 0.25) is 0 Å². The van der Waals surface area contributed by atoms with Crippen molar-refractivity contribution in [1.82, 2.24) is 10.2 Å². The molecule has 1 heterocycles. The van der Waals surface area contributed by atoms with Crippen molar-refractivity contribution in [3.8, 4) is 0 Å². The van der Waals surface area contributed by atoms with Gasteiger partial charge in [0, 0.05) is 25.6 Å². The van der Waals surface area contributed by atoms with Gasteiger partial charge < -0.3 is 21.1 Å². The van der Waals surface area contributed by atoms with Crippen LogP contribution < -0.4 is 11.1 Å². The first-order valence-corrected chi connectivity index (χ1v) is 7.38. The molecule has 0 aliphatic carbocycles. The summed E-state index contributed by atoms with van der Waals surface area (Å²) in [5.41, 5.74) is 5.37. The van der Waals surface area contributed by atoms with E-state index in [0.29, 0.717) is 25.4 Å². The van der Waals surface area contributed by atoms with E-state index in [4.69, 9.17) is 10.8 Å². The predicted octanol–water partition coefficient (Wildman–Crippen LogP) is 1.26. The molecule has 6 nitrogen and oxygen atoms in total. The van der Waals surface area contributed by atoms with Gasteiger partial charge in [-0.25, -0.2) is 4.79 Å². The second kappa shape index (κ2) is 8.09. The largest absolute Gasteiger partial charge is 0.481 e. The molecule has 1 aliphatic rings. The molecule has 0 spiro atoms. The molecule has 1 saturated heterocycles. The van der Waals surface area contributed by atoms with Crippen molar-refractivity contribution in [3.05, 3.63) is 0 Å². The van der Waals surface area contributed by atoms with Crippen molar-refractivity contribution >= 4 is 12.0 Å². The topological polar surface area (TPSA) is 95.7 Å². The third-order valence-corrected chi connectivity index (χ3v) is 3.77. The van der Waals surface area contributed by atoms with Gasteiger partial charge in [0.25, 0.3) is 0 Å². The standard InChI is InChI=1S/C14H27N3O3/c1-10(2)5-6-16-12-7-11(3-4-13(18)19)8-17(9-12)14(15)20/h10-12,16H,3-9H2,1-2H3,(H2,15,20)(H,18,19). The number of amides is 2. The van der Waals surface area contributed by atoms with Crippen LogP contribution in [0.5, 0.6) is 0 Å². The summed E-state index contributed by atoms with van der Waals surface area (Å²) in [6, 6.07) is -0.200. The van der Waals surface area contributed by atoms with Crippen LogP contribution in [0.1, 0.15) is 39.5 Å². The Hall–Kier alpha value is -1.30. The minimum Gasteiger partial charge on any atom is -0.481 e. The Balaban J connectivity index is 2.47. The fraction of sp³-hybridized carbons (Fsp3) is 0.857. The van der Waals surface area contributed by atoms with E-state index in [2.05, 4.69) is 19.2 Å². The summed E-state index contributed by atoms with van der Waals surface area (Å²) in [5, 5.41) is 12.2. The van der Waals surface area contributed by atoms with Crippen LogP contribution in [0.15, 0.2) is 0 Å². The van der Waals surface area contributed by atoms with Crippen molar-refractivity contribution < 1.29 is 14.7 Å². The van der Waals surface area contributed by atoms with Crippen molar-refractivity contribution in [2.45, 2.75) is 45.6 Å². The Kier molecular flexibility index (Phi) is 6.78. The average Bonchev–Trinajstić information content (AvgIpc) is 2.35. The molecular weight excluding hydrogens is 258 g/mol. The number of carboxylic acid groups (broad SMARTS) is 1. The van der Waals surface area contributed by atoms with Gasteiger partial charge in [0.15, 0.2) is 0 Å². The van der Waals surface area contributed by atoms with Gasteiger partial charge in [-0.05, 0) is 37.6 Å². The maximum absolute atomic E-state index is 11.4. The van der Waals surface area contributed by atoms with E-state index in [9.17, 15) is 9.59 Å². The third kappa shape index (κ3) is 6.23. The molecule has 0 aromatic rings. The number of rotatable bonds is 7. The van der Waals surface area contributed by atoms with Crippen LogP contribution >= 0.6 is 0 Å². The number of likely N-dealkylation sites (tertiary alicyclic amines) is 1. The maximum Gasteiger partial charge on any atom is 0.314 e. The predicted molar refractivity (Wildman–Crippen MR) is 77.4 cm³/mol. The number of aliphatic carboxylic acids is 1. The van der Waals surface area contributed by atoms with E-state index in [1.807, 2.05) is 0 Å². The van der Waals surface area contributed by atoms with Crippen LogP contribution in [0.25, 0.3) is 0 Å². The molecular formula is C14H27N3O3. The van der Waals surface area contributed by atoms with E-state index in [1.165, 1.54) is 0 Å². The number of hydrogen-bond donors (Lipinski definition) is 3. The lowest BCUT2D eigenvalue weighted by molar-refractivity contribution is -0.137. The number of hydrogen-bond acceptors (Lipinski definition) is 3. The number of nitrogens with one attached hydrogen (secondary N) is 1. The number of carbonyl (C=O) groups is 2. The molecule has 2 unspecified atom stereocenters. The van der Waals surface area contributed by atoms with Crippen LogP contribution in [0, 0.1) is 11.8 Å². The Labute approximate surface area is 120 Å². The molecule has 20 heavy (non-hydrogen) atoms. The van der Waals surface area contributed by atoms with E-state index < -0.39 is 12.0 Å². The average molecular weight is 285 g/mol. The van der Waals surface area contributed by atoms with Gasteiger partial charge >= 0.3 is 12.0 Å². The van der Waals surface area contributed by atoms with E-state index in [1.54, 1.807) is 4.90 Å². The highest BCUT2D eigenvalue weighted by molar-refractivity contribution is 5.72. The van der Waals surface area contributed by atoms with Crippen molar-refractivity contribution in [1.29, 1.82) is 0 Å². The second-order valence-electron chi connectivity index (χ2n) is 6.11. The third-order valence-electron chi connectivity index (χ3n) is 3.77. The molecule has 116 valence electrons. The zero-order valence-electron chi connectivity index (χ0n) is 12.5. The van der Waals surface area contributed by atoms with Gasteiger partial charge in [-0.15, -0.1) is 0 Å². The van der Waals surface area contributed by atoms with Crippen molar-refractivity contribution in [2.24, 2.45) is 17.6 Å². The molecule has 0 aromatic carbocycles. The van der Waals surface area contributed by atoms with Crippen molar-refractivity contribution in [2.75, 3.05) is 19.6 Å². The summed E-state index contributed by atoms with van der Waals surface area (Å²) in [6.45, 7) is 6.46. The zero-order chi connectivity index (χ0) is 15.1. The Morgan fingerprint density at radius 2 is 2.10 bits per heavy atom. The molecule has 1 aliphatic heterocycles. The van der Waals surface area contributed by atoms with Crippen LogP contribution in [-0.4, -0.2) is 47.7 Å². The number of urea groups is 1. The molecule has 1 rings (SSSR count). The molecule has 0 saturated carbocycles. The highest BCUT2D eigenvalue weighted by atomic mass is 16.4. The van der Waals surface area contributed by atoms with Gasteiger partial charge in [-0.2, -0.15) is 0 Å². The van der Waals surface area contributed by atoms with E-state index in [-0.39, 0.29) is 18.4 Å². The van der Waals surface area contributed by atoms with Gasteiger partial charge in [0.2, 0.25) is 0 Å². The molecule has 6 heteroatoms. The zero-order valence-corrected chi connectivity index (χ0v) is 12.5. The number of carbonyl (C=O) groups excluding carboxylic acids is 1. The molecule has 2 atom stereocenters. The monoisotopic (exact) mass is 285 g/mol. The minimum atomic E-state index is -0.787. The first-order chi connectivity index (χ1) is 9.38. The van der Waals surface area contributed by atoms with Crippen LogP contribution in [0.3, 0.4) is 0 Å². The highest BCUT2D eigenvalue weighted by Crippen LogP contribution is 2.21. The summed E-state index contributed by atoms with van der Waals surface area (Å²) >= 11 is 0. The van der Waals surface area contributed by atoms with E-state index >= 15 is 0 Å². The Morgan fingerprint density at radius 3 is 2.65 bits per heavy atom. The van der Waals surface area contributed by atoms with Gasteiger partial charge in [-0.3, -0.25) is 4.79 Å². The van der Waals surface area contributed by atoms with Crippen LogP contribution in [-0.2, 0) is 4.79 Å². The molecule has 2 amide bonds. The SMILES string of the molecule is CC(C)CCNC1CC(CCC(=O)O)CN(C(N)=O)C1. The summed E-state index contributed by atoms with van der Waals surface area (Å²) in [6.07, 6.45) is 2.75.